The van der Waals surface area contributed by atoms with E-state index in [4.69, 9.17) is 24.0 Å². The summed E-state index contributed by atoms with van der Waals surface area (Å²) < 4.78 is 21.9. The second kappa shape index (κ2) is 10.5. The minimum Gasteiger partial charge on any atom is -0.497 e. The van der Waals surface area contributed by atoms with Gasteiger partial charge in [0, 0.05) is 31.6 Å². The fraction of sp³-hybridized carbons (Fsp3) is 0.400. The first kappa shape index (κ1) is 24.2. The third-order valence-electron chi connectivity index (χ3n) is 5.91. The zero-order chi connectivity index (χ0) is 24.9. The van der Waals surface area contributed by atoms with Gasteiger partial charge >= 0.3 is 6.03 Å². The summed E-state index contributed by atoms with van der Waals surface area (Å²) in [5.74, 6) is 2.24. The molecule has 0 bridgehead atoms. The number of hydrogen-bond acceptors (Lipinski definition) is 7. The van der Waals surface area contributed by atoms with Crippen molar-refractivity contribution >= 4 is 17.6 Å². The van der Waals surface area contributed by atoms with Gasteiger partial charge in [-0.15, -0.1) is 0 Å². The number of urea groups is 1. The van der Waals surface area contributed by atoms with E-state index in [1.54, 1.807) is 27.3 Å². The van der Waals surface area contributed by atoms with Gasteiger partial charge in [-0.1, -0.05) is 13.0 Å². The topological polar surface area (TPSA) is 102 Å². The second-order valence-electron chi connectivity index (χ2n) is 8.27. The highest BCUT2D eigenvalue weighted by atomic mass is 16.7. The summed E-state index contributed by atoms with van der Waals surface area (Å²) in [6.45, 7) is 2.55. The number of carbonyl (C=O) groups is 2. The number of benzene rings is 2. The Hall–Kier alpha value is -3.95. The summed E-state index contributed by atoms with van der Waals surface area (Å²) in [7, 11) is 4.76. The van der Waals surface area contributed by atoms with Gasteiger partial charge < -0.3 is 29.2 Å². The number of fused-ring (bicyclic) bond motifs is 1. The number of hydrazone groups is 1. The molecule has 35 heavy (non-hydrogen) atoms. The summed E-state index contributed by atoms with van der Waals surface area (Å²) in [6.07, 6.45) is 1.27. The number of methoxy groups -OCH3 is 2. The van der Waals surface area contributed by atoms with Crippen LogP contribution in [0, 0.1) is 0 Å². The van der Waals surface area contributed by atoms with Crippen LogP contribution < -0.4 is 24.3 Å². The van der Waals surface area contributed by atoms with E-state index in [9.17, 15) is 9.59 Å². The minimum absolute atomic E-state index is 0.118. The van der Waals surface area contributed by atoms with Crippen LogP contribution >= 0.6 is 0 Å². The molecule has 10 nitrogen and oxygen atoms in total. The lowest BCUT2D eigenvalue weighted by molar-refractivity contribution is -0.133. The van der Waals surface area contributed by atoms with Gasteiger partial charge in [-0.3, -0.25) is 4.79 Å². The molecule has 10 heteroatoms. The predicted molar refractivity (Wildman–Crippen MR) is 129 cm³/mol. The number of ether oxygens (including phenoxy) is 4. The number of amides is 3. The highest BCUT2D eigenvalue weighted by Crippen LogP contribution is 2.40. The zero-order valence-corrected chi connectivity index (χ0v) is 20.4. The van der Waals surface area contributed by atoms with Gasteiger partial charge in [0.25, 0.3) is 5.91 Å². The maximum absolute atomic E-state index is 13.4. The van der Waals surface area contributed by atoms with Crippen molar-refractivity contribution in [3.63, 3.8) is 0 Å². The van der Waals surface area contributed by atoms with E-state index in [1.165, 1.54) is 9.91 Å². The molecule has 0 spiro atoms. The van der Waals surface area contributed by atoms with Crippen molar-refractivity contribution in [2.75, 3.05) is 41.1 Å². The van der Waals surface area contributed by atoms with Crippen molar-refractivity contribution in [3.8, 4) is 23.0 Å². The van der Waals surface area contributed by atoms with Crippen LogP contribution in [-0.4, -0.2) is 68.7 Å². The quantitative estimate of drug-likeness (QED) is 0.620. The summed E-state index contributed by atoms with van der Waals surface area (Å²) in [6, 6.07) is 10.4. The molecule has 2 aliphatic heterocycles. The van der Waals surface area contributed by atoms with Gasteiger partial charge in [-0.05, 0) is 36.2 Å². The third kappa shape index (κ3) is 5.11. The summed E-state index contributed by atoms with van der Waals surface area (Å²) in [4.78, 5) is 27.0. The molecule has 0 saturated heterocycles. The van der Waals surface area contributed by atoms with Crippen molar-refractivity contribution in [2.45, 2.75) is 25.8 Å². The molecular weight excluding hydrogens is 452 g/mol. The normalized spacial score (nSPS) is 16.1. The molecule has 2 aromatic rings. The van der Waals surface area contributed by atoms with Crippen LogP contribution in [0.1, 0.15) is 36.9 Å². The molecule has 3 amide bonds. The Balaban J connectivity index is 1.64. The van der Waals surface area contributed by atoms with E-state index >= 15 is 0 Å². The fourth-order valence-corrected chi connectivity index (χ4v) is 4.03. The first-order valence-electron chi connectivity index (χ1n) is 11.5. The Morgan fingerprint density at radius 3 is 2.69 bits per heavy atom. The lowest BCUT2D eigenvalue weighted by atomic mass is 9.97. The van der Waals surface area contributed by atoms with Crippen LogP contribution in [0.25, 0.3) is 0 Å². The first-order valence-corrected chi connectivity index (χ1v) is 11.5. The number of rotatable bonds is 8. The number of nitrogens with one attached hydrogen (secondary N) is 1. The van der Waals surface area contributed by atoms with Crippen LogP contribution in [0.5, 0.6) is 23.0 Å². The SMILES string of the molecule is CCCNC(=O)N(C)CC(=O)N1N=C(c2ccc(OC)cc2OC)CC1c1ccc2c(c1)OCO2. The highest BCUT2D eigenvalue weighted by Gasteiger charge is 2.35. The molecule has 2 aliphatic rings. The van der Waals surface area contributed by atoms with E-state index in [-0.39, 0.29) is 31.3 Å². The zero-order valence-electron chi connectivity index (χ0n) is 20.4. The molecular formula is C25H30N4O6. The molecule has 1 unspecified atom stereocenters. The average molecular weight is 483 g/mol. The van der Waals surface area contributed by atoms with E-state index < -0.39 is 0 Å². The summed E-state index contributed by atoms with van der Waals surface area (Å²) in [5, 5.41) is 8.92. The highest BCUT2D eigenvalue weighted by molar-refractivity contribution is 6.05. The van der Waals surface area contributed by atoms with Crippen LogP contribution in [-0.2, 0) is 4.79 Å². The fourth-order valence-electron chi connectivity index (χ4n) is 4.03. The molecule has 2 aromatic carbocycles. The molecule has 186 valence electrons. The first-order chi connectivity index (χ1) is 16.9. The Morgan fingerprint density at radius 1 is 1.14 bits per heavy atom. The van der Waals surface area contributed by atoms with Crippen LogP contribution in [0.4, 0.5) is 4.79 Å². The van der Waals surface area contributed by atoms with Crippen molar-refractivity contribution in [2.24, 2.45) is 5.10 Å². The summed E-state index contributed by atoms with van der Waals surface area (Å²) in [5.41, 5.74) is 2.31. The lowest BCUT2D eigenvalue weighted by Crippen LogP contribution is -2.43. The molecule has 1 atom stereocenters. The molecule has 0 aromatic heterocycles. The van der Waals surface area contributed by atoms with E-state index in [1.807, 2.05) is 37.3 Å². The summed E-state index contributed by atoms with van der Waals surface area (Å²) >= 11 is 0. The largest absolute Gasteiger partial charge is 0.497 e. The monoisotopic (exact) mass is 482 g/mol. The molecule has 1 N–H and O–H groups in total. The molecule has 4 rings (SSSR count). The smallest absolute Gasteiger partial charge is 0.317 e. The van der Waals surface area contributed by atoms with Crippen molar-refractivity contribution in [3.05, 3.63) is 47.5 Å². The van der Waals surface area contributed by atoms with Gasteiger partial charge in [0.05, 0.1) is 26.0 Å². The minimum atomic E-state index is -0.383. The van der Waals surface area contributed by atoms with Crippen LogP contribution in [0.3, 0.4) is 0 Å². The van der Waals surface area contributed by atoms with Gasteiger partial charge in [-0.25, -0.2) is 9.80 Å². The van der Waals surface area contributed by atoms with Crippen LogP contribution in [0.15, 0.2) is 41.5 Å². The van der Waals surface area contributed by atoms with Crippen molar-refractivity contribution < 1.29 is 28.5 Å². The second-order valence-corrected chi connectivity index (χ2v) is 8.27. The third-order valence-corrected chi connectivity index (χ3v) is 5.91. The standard InChI is InChI=1S/C25H30N4O6/c1-5-10-26-25(31)28(2)14-24(30)29-20(16-6-9-21-23(11-16)35-15-34-21)13-19(27-29)18-8-7-17(32-3)12-22(18)33-4/h6-9,11-12,20H,5,10,13-15H2,1-4H3,(H,26,31). The lowest BCUT2D eigenvalue weighted by Gasteiger charge is -2.25. The van der Waals surface area contributed by atoms with Gasteiger partial charge in [0.1, 0.15) is 18.0 Å². The van der Waals surface area contributed by atoms with Gasteiger partial charge in [0.15, 0.2) is 11.5 Å². The van der Waals surface area contributed by atoms with E-state index in [2.05, 4.69) is 5.32 Å². The van der Waals surface area contributed by atoms with Crippen molar-refractivity contribution in [1.29, 1.82) is 0 Å². The average Bonchev–Trinajstić information content (AvgIpc) is 3.53. The molecule has 0 saturated carbocycles. The van der Waals surface area contributed by atoms with Crippen molar-refractivity contribution in [1.82, 2.24) is 15.2 Å². The van der Waals surface area contributed by atoms with Gasteiger partial charge in [0.2, 0.25) is 6.79 Å². The molecule has 0 aliphatic carbocycles. The molecule has 0 radical (unpaired) electrons. The number of carbonyl (C=O) groups excluding carboxylic acids is 2. The predicted octanol–water partition coefficient (Wildman–Crippen LogP) is 3.16. The van der Waals surface area contributed by atoms with Crippen LogP contribution in [0.2, 0.25) is 0 Å². The van der Waals surface area contributed by atoms with Gasteiger partial charge in [-0.2, -0.15) is 5.10 Å². The number of likely N-dealkylation sites (N-methyl/N-ethyl adjacent to an activating group) is 1. The Labute approximate surface area is 204 Å². The number of hydrogen-bond donors (Lipinski definition) is 1. The maximum atomic E-state index is 13.4. The number of nitrogens with zero attached hydrogens (tertiary/aromatic N) is 3. The molecule has 0 fully saturated rings. The molecule has 2 heterocycles. The Bertz CT molecular complexity index is 1130. The van der Waals surface area contributed by atoms with E-state index in [0.29, 0.717) is 41.7 Å². The maximum Gasteiger partial charge on any atom is 0.317 e. The Kier molecular flexibility index (Phi) is 7.28. The van der Waals surface area contributed by atoms with E-state index in [0.717, 1.165) is 17.5 Å². The Morgan fingerprint density at radius 2 is 1.94 bits per heavy atom.